The molecule has 0 radical (unpaired) electrons. The zero-order chi connectivity index (χ0) is 10.4. The molecule has 3 N–H and O–H groups in total. The van der Waals surface area contributed by atoms with Crippen molar-refractivity contribution in [2.45, 2.75) is 19.9 Å². The molecule has 0 saturated carbocycles. The Hall–Kier alpha value is -1.22. The van der Waals surface area contributed by atoms with Crippen molar-refractivity contribution < 1.29 is 4.74 Å². The van der Waals surface area contributed by atoms with Crippen LogP contribution in [0.15, 0.2) is 18.2 Å². The van der Waals surface area contributed by atoms with E-state index in [0.717, 1.165) is 36.5 Å². The van der Waals surface area contributed by atoms with Crippen LogP contribution in [0, 0.1) is 0 Å². The van der Waals surface area contributed by atoms with E-state index in [0.29, 0.717) is 0 Å². The quantitative estimate of drug-likeness (QED) is 0.555. The molecule has 3 nitrogen and oxygen atoms in total. The summed E-state index contributed by atoms with van der Waals surface area (Å²) in [4.78, 5) is 0. The molecule has 0 saturated heterocycles. The molecule has 3 heteroatoms. The average Bonchev–Trinajstić information content (AvgIpc) is 2.20. The van der Waals surface area contributed by atoms with Crippen LogP contribution in [0.2, 0.25) is 0 Å². The van der Waals surface area contributed by atoms with Crippen LogP contribution >= 0.6 is 0 Å². The van der Waals surface area contributed by atoms with Crippen LogP contribution in [0.1, 0.15) is 18.9 Å². The Balaban J connectivity index is 2.59. The second kappa shape index (κ2) is 5.50. The molecule has 0 fully saturated rings. The molecule has 14 heavy (non-hydrogen) atoms. The maximum absolute atomic E-state index is 5.86. The van der Waals surface area contributed by atoms with Crippen LogP contribution in [0.4, 0.5) is 5.69 Å². The summed E-state index contributed by atoms with van der Waals surface area (Å²) in [6.07, 6.45) is 1.13. The van der Waals surface area contributed by atoms with Crippen LogP contribution in [0.25, 0.3) is 0 Å². The lowest BCUT2D eigenvalue weighted by Gasteiger charge is -2.08. The van der Waals surface area contributed by atoms with Gasteiger partial charge in [-0.15, -0.1) is 0 Å². The molecule has 0 aliphatic rings. The average molecular weight is 194 g/mol. The number of benzene rings is 1. The summed E-state index contributed by atoms with van der Waals surface area (Å²) in [6.45, 7) is 3.99. The summed E-state index contributed by atoms with van der Waals surface area (Å²) in [5.41, 5.74) is 7.77. The minimum absolute atomic E-state index is 0.785. The largest absolute Gasteiger partial charge is 0.497 e. The van der Waals surface area contributed by atoms with E-state index in [2.05, 4.69) is 12.2 Å². The molecule has 1 aromatic carbocycles. The van der Waals surface area contributed by atoms with E-state index in [1.54, 1.807) is 7.11 Å². The van der Waals surface area contributed by atoms with Crippen molar-refractivity contribution in [3.05, 3.63) is 23.8 Å². The summed E-state index contributed by atoms with van der Waals surface area (Å²) in [7, 11) is 1.64. The van der Waals surface area contributed by atoms with E-state index < -0.39 is 0 Å². The van der Waals surface area contributed by atoms with E-state index in [9.17, 15) is 0 Å². The summed E-state index contributed by atoms with van der Waals surface area (Å²) in [5, 5.41) is 3.31. The van der Waals surface area contributed by atoms with Crippen molar-refractivity contribution in [3.63, 3.8) is 0 Å². The van der Waals surface area contributed by atoms with Gasteiger partial charge in [-0.2, -0.15) is 0 Å². The maximum Gasteiger partial charge on any atom is 0.120 e. The third-order valence-electron chi connectivity index (χ3n) is 2.10. The molecule has 1 rings (SSSR count). The molecule has 0 atom stereocenters. The Kier molecular flexibility index (Phi) is 4.26. The van der Waals surface area contributed by atoms with Gasteiger partial charge in [-0.1, -0.05) is 13.0 Å². The molecule has 0 spiro atoms. The standard InChI is InChI=1S/C11H18N2O/c1-3-6-13-8-9-4-5-10(14-2)7-11(9)12/h4-5,7,13H,3,6,8,12H2,1-2H3. The zero-order valence-electron chi connectivity index (χ0n) is 8.84. The Morgan fingerprint density at radius 1 is 1.43 bits per heavy atom. The first-order valence-corrected chi connectivity index (χ1v) is 4.91. The number of hydrogen-bond donors (Lipinski definition) is 2. The number of methoxy groups -OCH3 is 1. The predicted molar refractivity (Wildman–Crippen MR) is 59.4 cm³/mol. The van der Waals surface area contributed by atoms with Gasteiger partial charge in [0.2, 0.25) is 0 Å². The third kappa shape index (κ3) is 2.92. The first-order valence-electron chi connectivity index (χ1n) is 4.91. The number of anilines is 1. The van der Waals surface area contributed by atoms with Crippen LogP contribution in [-0.2, 0) is 6.54 Å². The Labute approximate surface area is 85.3 Å². The van der Waals surface area contributed by atoms with Gasteiger partial charge in [0.1, 0.15) is 5.75 Å². The molecule has 0 heterocycles. The van der Waals surface area contributed by atoms with Gasteiger partial charge in [-0.3, -0.25) is 0 Å². The van der Waals surface area contributed by atoms with Crippen LogP contribution in [0.5, 0.6) is 5.75 Å². The summed E-state index contributed by atoms with van der Waals surface area (Å²) >= 11 is 0. The fourth-order valence-corrected chi connectivity index (χ4v) is 1.26. The van der Waals surface area contributed by atoms with Crippen molar-refractivity contribution >= 4 is 5.69 Å². The predicted octanol–water partition coefficient (Wildman–Crippen LogP) is 1.78. The fraction of sp³-hybridized carbons (Fsp3) is 0.455. The number of hydrogen-bond acceptors (Lipinski definition) is 3. The molecule has 1 aromatic rings. The minimum atomic E-state index is 0.785. The molecule has 78 valence electrons. The van der Waals surface area contributed by atoms with Gasteiger partial charge in [0.25, 0.3) is 0 Å². The highest BCUT2D eigenvalue weighted by Gasteiger charge is 1.99. The fourth-order valence-electron chi connectivity index (χ4n) is 1.26. The molecular formula is C11H18N2O. The Morgan fingerprint density at radius 3 is 2.79 bits per heavy atom. The van der Waals surface area contributed by atoms with Crippen molar-refractivity contribution in [2.75, 3.05) is 19.4 Å². The number of ether oxygens (including phenoxy) is 1. The van der Waals surface area contributed by atoms with Crippen molar-refractivity contribution in [1.82, 2.24) is 5.32 Å². The topological polar surface area (TPSA) is 47.3 Å². The van der Waals surface area contributed by atoms with Gasteiger partial charge >= 0.3 is 0 Å². The normalized spacial score (nSPS) is 10.1. The molecule has 0 aromatic heterocycles. The summed E-state index contributed by atoms with van der Waals surface area (Å²) in [6, 6.07) is 5.78. The van der Waals surface area contributed by atoms with Crippen molar-refractivity contribution in [3.8, 4) is 5.75 Å². The molecular weight excluding hydrogens is 176 g/mol. The minimum Gasteiger partial charge on any atom is -0.497 e. The monoisotopic (exact) mass is 194 g/mol. The molecule has 0 amide bonds. The van der Waals surface area contributed by atoms with Crippen LogP contribution in [-0.4, -0.2) is 13.7 Å². The number of rotatable bonds is 5. The van der Waals surface area contributed by atoms with E-state index >= 15 is 0 Å². The Bertz CT molecular complexity index is 287. The molecule has 0 aliphatic heterocycles. The summed E-state index contributed by atoms with van der Waals surface area (Å²) < 4.78 is 5.08. The first kappa shape index (κ1) is 10.9. The second-order valence-electron chi connectivity index (χ2n) is 3.24. The SMILES string of the molecule is CCCNCc1ccc(OC)cc1N. The molecule has 0 unspecified atom stereocenters. The van der Waals surface area contributed by atoms with Crippen molar-refractivity contribution in [2.24, 2.45) is 0 Å². The van der Waals surface area contributed by atoms with Gasteiger partial charge in [0.15, 0.2) is 0 Å². The third-order valence-corrected chi connectivity index (χ3v) is 2.10. The van der Waals surface area contributed by atoms with Gasteiger partial charge in [0, 0.05) is 18.3 Å². The number of nitrogens with two attached hydrogens (primary N) is 1. The number of nitrogen functional groups attached to an aromatic ring is 1. The van der Waals surface area contributed by atoms with E-state index in [-0.39, 0.29) is 0 Å². The summed E-state index contributed by atoms with van der Waals surface area (Å²) in [5.74, 6) is 0.807. The highest BCUT2D eigenvalue weighted by atomic mass is 16.5. The first-order chi connectivity index (χ1) is 6.77. The molecule has 0 bridgehead atoms. The van der Waals surface area contributed by atoms with Gasteiger partial charge in [0.05, 0.1) is 7.11 Å². The van der Waals surface area contributed by atoms with Gasteiger partial charge in [-0.05, 0) is 24.6 Å². The van der Waals surface area contributed by atoms with Crippen LogP contribution in [0.3, 0.4) is 0 Å². The zero-order valence-corrected chi connectivity index (χ0v) is 8.84. The van der Waals surface area contributed by atoms with Gasteiger partial charge in [-0.25, -0.2) is 0 Å². The van der Waals surface area contributed by atoms with E-state index in [4.69, 9.17) is 10.5 Å². The lowest BCUT2D eigenvalue weighted by atomic mass is 10.1. The van der Waals surface area contributed by atoms with Crippen molar-refractivity contribution in [1.29, 1.82) is 0 Å². The Morgan fingerprint density at radius 2 is 2.21 bits per heavy atom. The van der Waals surface area contributed by atoms with Gasteiger partial charge < -0.3 is 15.8 Å². The lowest BCUT2D eigenvalue weighted by Crippen LogP contribution is -2.14. The maximum atomic E-state index is 5.86. The lowest BCUT2D eigenvalue weighted by molar-refractivity contribution is 0.415. The smallest absolute Gasteiger partial charge is 0.120 e. The van der Waals surface area contributed by atoms with E-state index in [1.165, 1.54) is 0 Å². The highest BCUT2D eigenvalue weighted by Crippen LogP contribution is 2.19. The van der Waals surface area contributed by atoms with E-state index in [1.807, 2.05) is 18.2 Å². The second-order valence-corrected chi connectivity index (χ2v) is 3.24. The highest BCUT2D eigenvalue weighted by molar-refractivity contribution is 5.51. The molecule has 0 aliphatic carbocycles. The van der Waals surface area contributed by atoms with Crippen LogP contribution < -0.4 is 15.8 Å². The number of nitrogens with one attached hydrogen (secondary N) is 1.